The average molecular weight is 293 g/mol. The van der Waals surface area contributed by atoms with E-state index in [0.717, 1.165) is 0 Å². The molecule has 0 spiro atoms. The van der Waals surface area contributed by atoms with Gasteiger partial charge in [-0.3, -0.25) is 4.68 Å². The van der Waals surface area contributed by atoms with E-state index < -0.39 is 5.97 Å². The number of hydrogen-bond donors (Lipinski definition) is 1. The third kappa shape index (κ3) is 4.10. The molecular formula is C13H13ClN4O2. The molecule has 0 aliphatic heterocycles. The molecule has 0 unspecified atom stereocenters. The summed E-state index contributed by atoms with van der Waals surface area (Å²) in [4.78, 5) is 16.2. The second-order valence-electron chi connectivity index (χ2n) is 3.98. The van der Waals surface area contributed by atoms with Gasteiger partial charge in [-0.15, -0.1) is 0 Å². The highest BCUT2D eigenvalue weighted by Gasteiger charge is 2.05. The Balaban J connectivity index is 1.83. The number of aryl methyl sites for hydroxylation is 1. The van der Waals surface area contributed by atoms with Gasteiger partial charge in [0.15, 0.2) is 5.84 Å². The SMILES string of the molecule is N/C(=N\OC(=O)CCn1cc(Cl)cn1)c1ccccc1. The molecule has 0 saturated carbocycles. The van der Waals surface area contributed by atoms with E-state index in [1.54, 1.807) is 23.0 Å². The van der Waals surface area contributed by atoms with Crippen LogP contribution in [0.4, 0.5) is 0 Å². The van der Waals surface area contributed by atoms with Crippen molar-refractivity contribution in [1.82, 2.24) is 9.78 Å². The Morgan fingerprint density at radius 1 is 1.40 bits per heavy atom. The Bertz CT molecular complexity index is 610. The third-order valence-electron chi connectivity index (χ3n) is 2.46. The van der Waals surface area contributed by atoms with Gasteiger partial charge in [-0.1, -0.05) is 47.1 Å². The molecule has 104 valence electrons. The van der Waals surface area contributed by atoms with E-state index in [1.807, 2.05) is 18.2 Å². The number of amidine groups is 1. The fourth-order valence-corrected chi connectivity index (χ4v) is 1.63. The van der Waals surface area contributed by atoms with Crippen molar-refractivity contribution in [3.8, 4) is 0 Å². The monoisotopic (exact) mass is 292 g/mol. The molecule has 2 aromatic rings. The molecule has 0 aliphatic rings. The van der Waals surface area contributed by atoms with E-state index in [1.165, 1.54) is 6.20 Å². The summed E-state index contributed by atoms with van der Waals surface area (Å²) in [5.74, 6) is -0.336. The quantitative estimate of drug-likeness (QED) is 0.394. The minimum atomic E-state index is -0.490. The van der Waals surface area contributed by atoms with Crippen LogP contribution in [0.15, 0.2) is 47.9 Å². The fraction of sp³-hybridized carbons (Fsp3) is 0.154. The Morgan fingerprint density at radius 2 is 2.15 bits per heavy atom. The van der Waals surface area contributed by atoms with Gasteiger partial charge in [-0.25, -0.2) is 4.79 Å². The minimum absolute atomic E-state index is 0.129. The number of benzene rings is 1. The standard InChI is InChI=1S/C13H13ClN4O2/c14-11-8-16-18(9-11)7-6-12(19)20-17-13(15)10-4-2-1-3-5-10/h1-5,8-9H,6-7H2,(H2,15,17). The fourth-order valence-electron chi connectivity index (χ4n) is 1.47. The molecule has 1 heterocycles. The van der Waals surface area contributed by atoms with Crippen LogP contribution in [0.2, 0.25) is 5.02 Å². The van der Waals surface area contributed by atoms with Crippen molar-refractivity contribution in [3.05, 3.63) is 53.3 Å². The summed E-state index contributed by atoms with van der Waals surface area (Å²) in [5.41, 5.74) is 6.39. The predicted molar refractivity (Wildman–Crippen MR) is 75.1 cm³/mol. The van der Waals surface area contributed by atoms with Crippen LogP contribution in [0.3, 0.4) is 0 Å². The molecular weight excluding hydrogens is 280 g/mol. The maximum atomic E-state index is 11.5. The van der Waals surface area contributed by atoms with Gasteiger partial charge in [0.2, 0.25) is 0 Å². The number of nitrogens with zero attached hydrogens (tertiary/aromatic N) is 3. The van der Waals surface area contributed by atoms with Gasteiger partial charge in [0, 0.05) is 11.8 Å². The predicted octanol–water partition coefficient (Wildman–Crippen LogP) is 1.79. The first-order chi connectivity index (χ1) is 9.65. The van der Waals surface area contributed by atoms with Crippen LogP contribution < -0.4 is 5.73 Å². The molecule has 0 atom stereocenters. The summed E-state index contributed by atoms with van der Waals surface area (Å²) in [6.07, 6.45) is 3.25. The van der Waals surface area contributed by atoms with Crippen molar-refractivity contribution in [2.24, 2.45) is 10.9 Å². The summed E-state index contributed by atoms with van der Waals surface area (Å²) in [5, 5.41) is 8.07. The van der Waals surface area contributed by atoms with E-state index in [0.29, 0.717) is 17.1 Å². The van der Waals surface area contributed by atoms with Gasteiger partial charge in [0.05, 0.1) is 24.2 Å². The molecule has 1 aromatic carbocycles. The molecule has 0 amide bonds. The van der Waals surface area contributed by atoms with E-state index in [9.17, 15) is 4.79 Å². The van der Waals surface area contributed by atoms with Gasteiger partial charge < -0.3 is 10.6 Å². The third-order valence-corrected chi connectivity index (χ3v) is 2.66. The zero-order valence-electron chi connectivity index (χ0n) is 10.6. The zero-order chi connectivity index (χ0) is 14.4. The summed E-state index contributed by atoms with van der Waals surface area (Å²) in [6.45, 7) is 0.367. The normalized spacial score (nSPS) is 11.3. The highest BCUT2D eigenvalue weighted by molar-refractivity contribution is 6.30. The number of carbonyl (C=O) groups is 1. The Labute approximate surface area is 120 Å². The van der Waals surface area contributed by atoms with Crippen LogP contribution in [-0.2, 0) is 16.2 Å². The molecule has 2 N–H and O–H groups in total. The van der Waals surface area contributed by atoms with E-state index in [-0.39, 0.29) is 12.3 Å². The average Bonchev–Trinajstić information content (AvgIpc) is 2.89. The highest BCUT2D eigenvalue weighted by Crippen LogP contribution is 2.05. The summed E-state index contributed by atoms with van der Waals surface area (Å²) >= 11 is 5.71. The molecule has 0 saturated heterocycles. The maximum absolute atomic E-state index is 11.5. The lowest BCUT2D eigenvalue weighted by Gasteiger charge is -2.01. The van der Waals surface area contributed by atoms with Crippen molar-refractivity contribution >= 4 is 23.4 Å². The second-order valence-corrected chi connectivity index (χ2v) is 4.41. The second kappa shape index (κ2) is 6.72. The number of nitrogens with two attached hydrogens (primary N) is 1. The van der Waals surface area contributed by atoms with Gasteiger partial charge in [0.1, 0.15) is 0 Å². The van der Waals surface area contributed by atoms with Crippen LogP contribution in [0.1, 0.15) is 12.0 Å². The van der Waals surface area contributed by atoms with Gasteiger partial charge in [0.25, 0.3) is 0 Å². The van der Waals surface area contributed by atoms with E-state index in [4.69, 9.17) is 22.2 Å². The molecule has 0 bridgehead atoms. The largest absolute Gasteiger partial charge is 0.380 e. The number of halogens is 1. The van der Waals surface area contributed by atoms with Crippen molar-refractivity contribution < 1.29 is 9.63 Å². The van der Waals surface area contributed by atoms with Gasteiger partial charge in [-0.2, -0.15) is 5.10 Å². The number of oxime groups is 1. The summed E-state index contributed by atoms with van der Waals surface area (Å²) in [7, 11) is 0. The molecule has 0 fully saturated rings. The first kappa shape index (κ1) is 14.1. The molecule has 1 aromatic heterocycles. The van der Waals surface area contributed by atoms with E-state index >= 15 is 0 Å². The Kier molecular flexibility index (Phi) is 4.73. The van der Waals surface area contributed by atoms with Crippen LogP contribution in [0.25, 0.3) is 0 Å². The molecule has 0 radical (unpaired) electrons. The van der Waals surface area contributed by atoms with Crippen molar-refractivity contribution in [2.45, 2.75) is 13.0 Å². The highest BCUT2D eigenvalue weighted by atomic mass is 35.5. The van der Waals surface area contributed by atoms with Crippen LogP contribution in [0.5, 0.6) is 0 Å². The number of hydrogen-bond acceptors (Lipinski definition) is 4. The summed E-state index contributed by atoms with van der Waals surface area (Å²) < 4.78 is 1.55. The van der Waals surface area contributed by atoms with Crippen LogP contribution >= 0.6 is 11.6 Å². The van der Waals surface area contributed by atoms with Crippen LogP contribution in [0, 0.1) is 0 Å². The molecule has 2 rings (SSSR count). The summed E-state index contributed by atoms with van der Waals surface area (Å²) in [6, 6.07) is 9.05. The molecule has 6 nitrogen and oxygen atoms in total. The topological polar surface area (TPSA) is 82.5 Å². The van der Waals surface area contributed by atoms with Crippen molar-refractivity contribution in [2.75, 3.05) is 0 Å². The smallest absolute Gasteiger partial charge is 0.336 e. The molecule has 20 heavy (non-hydrogen) atoms. The lowest BCUT2D eigenvalue weighted by molar-refractivity contribution is -0.143. The van der Waals surface area contributed by atoms with Gasteiger partial charge >= 0.3 is 5.97 Å². The molecule has 7 heteroatoms. The van der Waals surface area contributed by atoms with E-state index in [2.05, 4.69) is 10.3 Å². The van der Waals surface area contributed by atoms with Gasteiger partial charge in [-0.05, 0) is 0 Å². The Morgan fingerprint density at radius 3 is 2.80 bits per heavy atom. The minimum Gasteiger partial charge on any atom is -0.380 e. The number of rotatable bonds is 5. The Hall–Kier alpha value is -2.34. The van der Waals surface area contributed by atoms with Crippen LogP contribution in [-0.4, -0.2) is 21.6 Å². The lowest BCUT2D eigenvalue weighted by Crippen LogP contribution is -2.15. The molecule has 0 aliphatic carbocycles. The van der Waals surface area contributed by atoms with Crippen molar-refractivity contribution in [3.63, 3.8) is 0 Å². The first-order valence-corrected chi connectivity index (χ1v) is 6.29. The lowest BCUT2D eigenvalue weighted by atomic mass is 10.2. The number of carbonyl (C=O) groups excluding carboxylic acids is 1. The first-order valence-electron chi connectivity index (χ1n) is 5.92. The maximum Gasteiger partial charge on any atom is 0.336 e. The van der Waals surface area contributed by atoms with Crippen molar-refractivity contribution in [1.29, 1.82) is 0 Å². The number of aromatic nitrogens is 2. The zero-order valence-corrected chi connectivity index (χ0v) is 11.3.